The highest BCUT2D eigenvalue weighted by Gasteiger charge is 2.26. The van der Waals surface area contributed by atoms with E-state index in [2.05, 4.69) is 20.5 Å². The molecule has 5 nitrogen and oxygen atoms in total. The predicted molar refractivity (Wildman–Crippen MR) is 83.5 cm³/mol. The molecule has 6 heteroatoms. The fraction of sp³-hybridized carbons (Fsp3) is 0.500. The van der Waals surface area contributed by atoms with E-state index in [4.69, 9.17) is 5.73 Å². The molecule has 1 saturated carbocycles. The van der Waals surface area contributed by atoms with Gasteiger partial charge in [0.2, 0.25) is 5.95 Å². The van der Waals surface area contributed by atoms with E-state index in [9.17, 15) is 4.39 Å². The van der Waals surface area contributed by atoms with Gasteiger partial charge >= 0.3 is 0 Å². The van der Waals surface area contributed by atoms with Crippen LogP contribution in [0.2, 0.25) is 0 Å². The molecule has 0 amide bonds. The molecule has 1 aliphatic carbocycles. The van der Waals surface area contributed by atoms with E-state index < -0.39 is 0 Å². The van der Waals surface area contributed by atoms with E-state index in [1.54, 1.807) is 0 Å². The molecule has 0 spiro atoms. The smallest absolute Gasteiger partial charge is 0.239 e. The minimum atomic E-state index is -0.180. The lowest BCUT2D eigenvalue weighted by Crippen LogP contribution is -2.39. The molecule has 1 atom stereocenters. The van der Waals surface area contributed by atoms with Crippen molar-refractivity contribution < 1.29 is 4.39 Å². The number of aromatic nitrogens is 3. The number of benzene rings is 1. The second kappa shape index (κ2) is 6.87. The molecular formula is C16H22FN5. The molecule has 3 rings (SSSR count). The predicted octanol–water partition coefficient (Wildman–Crippen LogP) is 2.42. The zero-order chi connectivity index (χ0) is 15.4. The number of nitrogens with zero attached hydrogens (tertiary/aromatic N) is 2. The molecule has 118 valence electrons. The fourth-order valence-corrected chi connectivity index (χ4v) is 2.94. The van der Waals surface area contributed by atoms with Crippen LogP contribution in [0.15, 0.2) is 24.3 Å². The van der Waals surface area contributed by atoms with Gasteiger partial charge in [-0.3, -0.25) is 5.10 Å². The van der Waals surface area contributed by atoms with E-state index in [1.165, 1.54) is 37.0 Å². The second-order valence-electron chi connectivity index (χ2n) is 5.98. The van der Waals surface area contributed by atoms with Crippen molar-refractivity contribution in [2.45, 2.75) is 44.7 Å². The molecule has 0 aliphatic heterocycles. The summed E-state index contributed by atoms with van der Waals surface area (Å²) in [6.45, 7) is 0.648. The van der Waals surface area contributed by atoms with Crippen LogP contribution in [0.25, 0.3) is 0 Å². The Kier molecular flexibility index (Phi) is 4.68. The lowest BCUT2D eigenvalue weighted by atomic mass is 9.78. The molecule has 1 heterocycles. The number of nitrogens with one attached hydrogen (secondary N) is 2. The number of nitrogen functional groups attached to an aromatic ring is 1. The van der Waals surface area contributed by atoms with Crippen LogP contribution >= 0.6 is 0 Å². The summed E-state index contributed by atoms with van der Waals surface area (Å²) in [5.41, 5.74) is 6.69. The number of aromatic amines is 1. The summed E-state index contributed by atoms with van der Waals surface area (Å²) in [4.78, 5) is 4.12. The van der Waals surface area contributed by atoms with Gasteiger partial charge in [0.25, 0.3) is 0 Å². The van der Waals surface area contributed by atoms with E-state index in [0.29, 0.717) is 12.6 Å². The number of hydrogen-bond donors (Lipinski definition) is 3. The molecule has 0 saturated heterocycles. The van der Waals surface area contributed by atoms with Gasteiger partial charge in [-0.2, -0.15) is 4.98 Å². The summed E-state index contributed by atoms with van der Waals surface area (Å²) < 4.78 is 12.9. The van der Waals surface area contributed by atoms with Gasteiger partial charge in [0, 0.05) is 6.04 Å². The molecule has 1 aliphatic rings. The molecule has 1 aromatic heterocycles. The summed E-state index contributed by atoms with van der Waals surface area (Å²) in [7, 11) is 0. The highest BCUT2D eigenvalue weighted by molar-refractivity contribution is 5.16. The van der Waals surface area contributed by atoms with Gasteiger partial charge in [-0.15, -0.1) is 5.10 Å². The number of hydrogen-bond acceptors (Lipinski definition) is 4. The minimum absolute atomic E-state index is 0.180. The number of halogens is 1. The van der Waals surface area contributed by atoms with Crippen LogP contribution in [-0.2, 0) is 13.0 Å². The van der Waals surface area contributed by atoms with Crippen molar-refractivity contribution in [1.29, 1.82) is 0 Å². The number of anilines is 1. The lowest BCUT2D eigenvalue weighted by Gasteiger charge is -2.34. The molecule has 2 aromatic rings. The van der Waals surface area contributed by atoms with Crippen LogP contribution in [0.5, 0.6) is 0 Å². The van der Waals surface area contributed by atoms with Crippen molar-refractivity contribution in [3.05, 3.63) is 41.5 Å². The SMILES string of the molecule is Nc1n[nH]c(CN[C@H](CCc2ccc(F)cc2)C2CCC2)n1. The molecule has 4 N–H and O–H groups in total. The van der Waals surface area contributed by atoms with Crippen LogP contribution in [0.4, 0.5) is 10.3 Å². The molecule has 0 unspecified atom stereocenters. The third kappa shape index (κ3) is 3.82. The van der Waals surface area contributed by atoms with E-state index in [0.717, 1.165) is 24.6 Å². The Morgan fingerprint density at radius 2 is 2.09 bits per heavy atom. The third-order valence-electron chi connectivity index (χ3n) is 4.46. The Morgan fingerprint density at radius 3 is 2.68 bits per heavy atom. The molecule has 22 heavy (non-hydrogen) atoms. The number of aryl methyl sites for hydroxylation is 1. The second-order valence-corrected chi connectivity index (χ2v) is 5.98. The lowest BCUT2D eigenvalue weighted by molar-refractivity contribution is 0.217. The van der Waals surface area contributed by atoms with Crippen LogP contribution in [-0.4, -0.2) is 21.2 Å². The maximum Gasteiger partial charge on any atom is 0.239 e. The minimum Gasteiger partial charge on any atom is -0.367 e. The summed E-state index contributed by atoms with van der Waals surface area (Å²) in [5, 5.41) is 10.2. The molecular weight excluding hydrogens is 281 g/mol. The molecule has 0 radical (unpaired) electrons. The summed E-state index contributed by atoms with van der Waals surface area (Å²) >= 11 is 0. The van der Waals surface area contributed by atoms with Gasteiger partial charge < -0.3 is 11.1 Å². The zero-order valence-electron chi connectivity index (χ0n) is 12.6. The maximum atomic E-state index is 12.9. The number of rotatable bonds is 7. The molecule has 1 fully saturated rings. The van der Waals surface area contributed by atoms with E-state index >= 15 is 0 Å². The first kappa shape index (κ1) is 15.0. The highest BCUT2D eigenvalue weighted by Crippen LogP contribution is 2.31. The van der Waals surface area contributed by atoms with Crippen LogP contribution in [0.1, 0.15) is 37.1 Å². The average Bonchev–Trinajstić information content (AvgIpc) is 2.87. The van der Waals surface area contributed by atoms with Gasteiger partial charge in [-0.25, -0.2) is 4.39 Å². The van der Waals surface area contributed by atoms with E-state index in [1.807, 2.05) is 12.1 Å². The normalized spacial score (nSPS) is 16.4. The Morgan fingerprint density at radius 1 is 1.32 bits per heavy atom. The van der Waals surface area contributed by atoms with Crippen molar-refractivity contribution >= 4 is 5.95 Å². The van der Waals surface area contributed by atoms with Crippen molar-refractivity contribution in [2.24, 2.45) is 5.92 Å². The molecule has 1 aromatic carbocycles. The van der Waals surface area contributed by atoms with Crippen LogP contribution in [0, 0.1) is 11.7 Å². The highest BCUT2D eigenvalue weighted by atomic mass is 19.1. The number of H-pyrrole nitrogens is 1. The Balaban J connectivity index is 1.54. The summed E-state index contributed by atoms with van der Waals surface area (Å²) in [6.07, 6.45) is 5.86. The topological polar surface area (TPSA) is 79.6 Å². The standard InChI is InChI=1S/C16H22FN5/c17-13-7-4-11(5-8-13)6-9-14(12-2-1-3-12)19-10-15-20-16(18)22-21-15/h4-5,7-8,12,14,19H,1-3,6,9-10H2,(H3,18,20,21,22)/t14-/m1/s1. The van der Waals surface area contributed by atoms with Gasteiger partial charge in [-0.05, 0) is 49.3 Å². The fourth-order valence-electron chi connectivity index (χ4n) is 2.94. The van der Waals surface area contributed by atoms with Gasteiger partial charge in [0.1, 0.15) is 11.6 Å². The van der Waals surface area contributed by atoms with Crippen molar-refractivity contribution in [3.63, 3.8) is 0 Å². The first-order valence-electron chi connectivity index (χ1n) is 7.85. The van der Waals surface area contributed by atoms with Crippen molar-refractivity contribution in [3.8, 4) is 0 Å². The maximum absolute atomic E-state index is 12.9. The summed E-state index contributed by atoms with van der Waals surface area (Å²) in [6, 6.07) is 7.23. The average molecular weight is 303 g/mol. The summed E-state index contributed by atoms with van der Waals surface area (Å²) in [5.74, 6) is 1.59. The van der Waals surface area contributed by atoms with Crippen molar-refractivity contribution in [1.82, 2.24) is 20.5 Å². The number of nitrogens with two attached hydrogens (primary N) is 1. The monoisotopic (exact) mass is 303 g/mol. The van der Waals surface area contributed by atoms with Crippen LogP contribution in [0.3, 0.4) is 0 Å². The Bertz CT molecular complexity index is 591. The molecule has 0 bridgehead atoms. The van der Waals surface area contributed by atoms with Gasteiger partial charge in [0.15, 0.2) is 0 Å². The quantitative estimate of drug-likeness (QED) is 0.734. The Labute approximate surface area is 129 Å². The Hall–Kier alpha value is -1.95. The van der Waals surface area contributed by atoms with Gasteiger partial charge in [-0.1, -0.05) is 18.6 Å². The first-order chi connectivity index (χ1) is 10.7. The third-order valence-corrected chi connectivity index (χ3v) is 4.46. The van der Waals surface area contributed by atoms with Gasteiger partial charge in [0.05, 0.1) is 6.54 Å². The first-order valence-corrected chi connectivity index (χ1v) is 7.85. The van der Waals surface area contributed by atoms with Crippen LogP contribution < -0.4 is 11.1 Å². The largest absolute Gasteiger partial charge is 0.367 e. The van der Waals surface area contributed by atoms with Crippen molar-refractivity contribution in [2.75, 3.05) is 5.73 Å². The zero-order valence-corrected chi connectivity index (χ0v) is 12.6. The van der Waals surface area contributed by atoms with E-state index in [-0.39, 0.29) is 11.8 Å².